The first kappa shape index (κ1) is 23.9. The lowest BCUT2D eigenvalue weighted by Gasteiger charge is -2.25. The van der Waals surface area contributed by atoms with E-state index in [2.05, 4.69) is 33.4 Å². The number of fused-ring (bicyclic) bond motifs is 2. The molecule has 2 aromatic carbocycles. The summed E-state index contributed by atoms with van der Waals surface area (Å²) in [5, 5.41) is 14.5. The number of aryl methyl sites for hydroxylation is 1. The van der Waals surface area contributed by atoms with Crippen molar-refractivity contribution in [3.63, 3.8) is 0 Å². The Labute approximate surface area is 214 Å². The van der Waals surface area contributed by atoms with Crippen LogP contribution in [0.5, 0.6) is 0 Å². The lowest BCUT2D eigenvalue weighted by Crippen LogP contribution is -2.28. The van der Waals surface area contributed by atoms with Crippen molar-refractivity contribution in [1.82, 2.24) is 9.55 Å². The number of aromatic carboxylic acids is 1. The van der Waals surface area contributed by atoms with E-state index in [9.17, 15) is 14.7 Å². The molecule has 3 heterocycles. The molecule has 1 aliphatic heterocycles. The minimum absolute atomic E-state index is 0.0301. The van der Waals surface area contributed by atoms with E-state index in [4.69, 9.17) is 11.6 Å². The molecule has 184 valence electrons. The molecule has 0 bridgehead atoms. The van der Waals surface area contributed by atoms with Crippen molar-refractivity contribution in [3.05, 3.63) is 98.1 Å². The molecule has 0 aliphatic carbocycles. The first-order chi connectivity index (χ1) is 17.3. The normalized spacial score (nSPS) is 13.6. The Morgan fingerprint density at radius 3 is 2.44 bits per heavy atom. The third kappa shape index (κ3) is 4.20. The summed E-state index contributed by atoms with van der Waals surface area (Å²) in [5.41, 5.74) is 4.60. The topological polar surface area (TPSA) is 87.5 Å². The maximum atomic E-state index is 13.7. The Hall–Kier alpha value is -3.84. The Morgan fingerprint density at radius 1 is 1.11 bits per heavy atom. The number of hydrogen-bond acceptors (Lipinski definition) is 5. The second-order valence-corrected chi connectivity index (χ2v) is 9.58. The Bertz CT molecular complexity index is 1540. The molecule has 7 nitrogen and oxygen atoms in total. The van der Waals surface area contributed by atoms with Gasteiger partial charge in [-0.25, -0.2) is 9.78 Å². The summed E-state index contributed by atoms with van der Waals surface area (Å²) in [6, 6.07) is 17.3. The predicted octanol–water partition coefficient (Wildman–Crippen LogP) is 5.77. The van der Waals surface area contributed by atoms with E-state index in [0.29, 0.717) is 17.6 Å². The zero-order valence-corrected chi connectivity index (χ0v) is 21.1. The van der Waals surface area contributed by atoms with Crippen LogP contribution < -0.4 is 15.8 Å². The van der Waals surface area contributed by atoms with E-state index in [1.807, 2.05) is 49.6 Å². The minimum atomic E-state index is -1.16. The molecule has 0 amide bonds. The highest BCUT2D eigenvalue weighted by molar-refractivity contribution is 6.29. The third-order valence-electron chi connectivity index (χ3n) is 6.77. The molecule has 4 aromatic rings. The van der Waals surface area contributed by atoms with Crippen LogP contribution in [0.4, 0.5) is 11.5 Å². The van der Waals surface area contributed by atoms with E-state index < -0.39 is 5.97 Å². The smallest absolute Gasteiger partial charge is 0.356 e. The van der Waals surface area contributed by atoms with Crippen molar-refractivity contribution in [2.75, 3.05) is 10.2 Å². The second kappa shape index (κ2) is 9.32. The number of aromatic nitrogens is 2. The maximum absolute atomic E-state index is 13.7. The Balaban J connectivity index is 1.62. The van der Waals surface area contributed by atoms with Crippen LogP contribution in [0.1, 0.15) is 52.6 Å². The molecule has 0 unspecified atom stereocenters. The van der Waals surface area contributed by atoms with Crippen molar-refractivity contribution in [2.24, 2.45) is 0 Å². The summed E-state index contributed by atoms with van der Waals surface area (Å²) in [6.45, 7) is 7.95. The van der Waals surface area contributed by atoms with Crippen LogP contribution in [0.3, 0.4) is 0 Å². The molecule has 0 radical (unpaired) electrons. The molecule has 0 saturated carbocycles. The average Bonchev–Trinajstić information content (AvgIpc) is 3.29. The molecule has 2 N–H and O–H groups in total. The van der Waals surface area contributed by atoms with E-state index in [-0.39, 0.29) is 22.4 Å². The van der Waals surface area contributed by atoms with Crippen molar-refractivity contribution >= 4 is 39.8 Å². The molecule has 0 spiro atoms. The fraction of sp³-hybridized carbons (Fsp3) is 0.250. The maximum Gasteiger partial charge on any atom is 0.356 e. The van der Waals surface area contributed by atoms with E-state index in [1.54, 1.807) is 12.1 Å². The second-order valence-electron chi connectivity index (χ2n) is 9.19. The Kier molecular flexibility index (Phi) is 6.18. The highest BCUT2D eigenvalue weighted by atomic mass is 35.5. The van der Waals surface area contributed by atoms with Crippen molar-refractivity contribution in [3.8, 4) is 0 Å². The van der Waals surface area contributed by atoms with Crippen LogP contribution >= 0.6 is 11.6 Å². The molecule has 36 heavy (non-hydrogen) atoms. The van der Waals surface area contributed by atoms with Crippen LogP contribution in [0.25, 0.3) is 10.8 Å². The van der Waals surface area contributed by atoms with Gasteiger partial charge in [0.25, 0.3) is 5.56 Å². The van der Waals surface area contributed by atoms with Crippen LogP contribution in [0.15, 0.2) is 59.4 Å². The van der Waals surface area contributed by atoms with Crippen LogP contribution in [0.2, 0.25) is 5.15 Å². The Morgan fingerprint density at radius 2 is 1.81 bits per heavy atom. The zero-order chi connectivity index (χ0) is 25.6. The fourth-order valence-electron chi connectivity index (χ4n) is 5.07. The van der Waals surface area contributed by atoms with Crippen LogP contribution in [-0.2, 0) is 19.6 Å². The third-order valence-corrected chi connectivity index (χ3v) is 6.98. The SMILES string of the molecule is CCn1c(N2Cc3ccccc3C2)cc2c([C@@H](C)Nc3ccc(Cl)nc3C(=O)O)cc(C)cc2c1=O. The van der Waals surface area contributed by atoms with Crippen LogP contribution in [0, 0.1) is 6.92 Å². The molecular formula is C28H27ClN4O3. The van der Waals surface area contributed by atoms with Gasteiger partial charge in [0.1, 0.15) is 11.0 Å². The predicted molar refractivity (Wildman–Crippen MR) is 143 cm³/mol. The number of carboxylic acid groups (broad SMARTS) is 1. The summed E-state index contributed by atoms with van der Waals surface area (Å²) in [5.74, 6) is -0.286. The van der Waals surface area contributed by atoms with Gasteiger partial charge in [-0.15, -0.1) is 0 Å². The highest BCUT2D eigenvalue weighted by Crippen LogP contribution is 2.33. The lowest BCUT2D eigenvalue weighted by molar-refractivity contribution is 0.0691. The molecule has 1 aliphatic rings. The van der Waals surface area contributed by atoms with Crippen LogP contribution in [-0.4, -0.2) is 20.6 Å². The fourth-order valence-corrected chi connectivity index (χ4v) is 5.21. The molecule has 5 rings (SSSR count). The van der Waals surface area contributed by atoms with Crippen molar-refractivity contribution in [2.45, 2.75) is 46.4 Å². The number of nitrogens with zero attached hydrogens (tertiary/aromatic N) is 3. The first-order valence-electron chi connectivity index (χ1n) is 11.9. The standard InChI is InChI=1S/C28H27ClN4O3/c1-4-33-25(32-14-18-7-5-6-8-19(18)15-32)13-21-20(11-16(2)12-22(21)27(33)34)17(3)30-23-9-10-24(29)31-26(23)28(35)36/h5-13,17,30H,4,14-15H2,1-3H3,(H,35,36)/t17-/m1/s1. The number of carbonyl (C=O) groups is 1. The lowest BCUT2D eigenvalue weighted by atomic mass is 9.97. The van der Waals surface area contributed by atoms with Gasteiger partial charge in [0.15, 0.2) is 5.69 Å². The average molecular weight is 503 g/mol. The summed E-state index contributed by atoms with van der Waals surface area (Å²) in [7, 11) is 0. The number of halogens is 1. The van der Waals surface area contributed by atoms with Gasteiger partial charge < -0.3 is 15.3 Å². The molecule has 2 aromatic heterocycles. The number of pyridine rings is 2. The highest BCUT2D eigenvalue weighted by Gasteiger charge is 2.24. The molecule has 8 heteroatoms. The number of nitrogens with one attached hydrogen (secondary N) is 1. The van der Waals surface area contributed by atoms with Gasteiger partial charge >= 0.3 is 5.97 Å². The zero-order valence-electron chi connectivity index (χ0n) is 20.4. The molecular weight excluding hydrogens is 476 g/mol. The van der Waals surface area contributed by atoms with Crippen molar-refractivity contribution < 1.29 is 9.90 Å². The summed E-state index contributed by atoms with van der Waals surface area (Å²) in [6.07, 6.45) is 0. The van der Waals surface area contributed by atoms with Gasteiger partial charge in [-0.05, 0) is 72.7 Å². The van der Waals surface area contributed by atoms with E-state index >= 15 is 0 Å². The van der Waals surface area contributed by atoms with Crippen molar-refractivity contribution in [1.29, 1.82) is 0 Å². The largest absolute Gasteiger partial charge is 0.476 e. The number of carboxylic acids is 1. The summed E-state index contributed by atoms with van der Waals surface area (Å²) >= 11 is 5.93. The number of anilines is 2. The van der Waals surface area contributed by atoms with Gasteiger partial charge in [0.2, 0.25) is 0 Å². The van der Waals surface area contributed by atoms with Gasteiger partial charge in [-0.1, -0.05) is 41.9 Å². The van der Waals surface area contributed by atoms with Gasteiger partial charge in [0.05, 0.1) is 5.69 Å². The number of benzene rings is 2. The minimum Gasteiger partial charge on any atom is -0.476 e. The van der Waals surface area contributed by atoms with Gasteiger partial charge in [-0.2, -0.15) is 0 Å². The number of hydrogen-bond donors (Lipinski definition) is 2. The molecule has 1 atom stereocenters. The van der Waals surface area contributed by atoms with Gasteiger partial charge in [-0.3, -0.25) is 9.36 Å². The molecule has 0 fully saturated rings. The van der Waals surface area contributed by atoms with E-state index in [1.165, 1.54) is 11.1 Å². The monoisotopic (exact) mass is 502 g/mol. The quantitative estimate of drug-likeness (QED) is 0.325. The summed E-state index contributed by atoms with van der Waals surface area (Å²) in [4.78, 5) is 31.6. The molecule has 0 saturated heterocycles. The summed E-state index contributed by atoms with van der Waals surface area (Å²) < 4.78 is 1.83. The first-order valence-corrected chi connectivity index (χ1v) is 12.3. The van der Waals surface area contributed by atoms with Gasteiger partial charge in [0, 0.05) is 31.1 Å². The number of rotatable bonds is 6. The van der Waals surface area contributed by atoms with E-state index in [0.717, 1.165) is 35.4 Å².